The van der Waals surface area contributed by atoms with Crippen molar-refractivity contribution in [3.63, 3.8) is 0 Å². The van der Waals surface area contributed by atoms with E-state index in [0.29, 0.717) is 18.9 Å². The molecule has 0 bridgehead atoms. The van der Waals surface area contributed by atoms with Crippen molar-refractivity contribution in [3.8, 4) is 11.5 Å². The zero-order chi connectivity index (χ0) is 14.5. The van der Waals surface area contributed by atoms with Crippen molar-refractivity contribution in [2.24, 2.45) is 0 Å². The molecule has 0 aliphatic rings. The third kappa shape index (κ3) is 3.67. The molecule has 2 rings (SSSR count). The van der Waals surface area contributed by atoms with E-state index in [2.05, 4.69) is 40.3 Å². The standard InChI is InChI=1S/C16H18BrNO2/c1-3-20-16-9-12(5-7-15(16)19)10-18-14-8-11(2)4-6-13(14)17/h4-9,18-19H,3,10H2,1-2H3. The molecule has 0 spiro atoms. The van der Waals surface area contributed by atoms with Crippen molar-refractivity contribution in [1.82, 2.24) is 0 Å². The molecule has 0 saturated heterocycles. The number of rotatable bonds is 5. The molecular formula is C16H18BrNO2. The van der Waals surface area contributed by atoms with Crippen LogP contribution in [0.2, 0.25) is 0 Å². The number of halogens is 1. The topological polar surface area (TPSA) is 41.5 Å². The van der Waals surface area contributed by atoms with E-state index >= 15 is 0 Å². The summed E-state index contributed by atoms with van der Waals surface area (Å²) in [4.78, 5) is 0. The number of nitrogens with one attached hydrogen (secondary N) is 1. The zero-order valence-corrected chi connectivity index (χ0v) is 13.2. The predicted octanol–water partition coefficient (Wildman–Crippen LogP) is 4.47. The summed E-state index contributed by atoms with van der Waals surface area (Å²) in [6.07, 6.45) is 0. The van der Waals surface area contributed by atoms with Crippen LogP contribution >= 0.6 is 15.9 Å². The normalized spacial score (nSPS) is 10.3. The van der Waals surface area contributed by atoms with Crippen LogP contribution in [0, 0.1) is 6.92 Å². The smallest absolute Gasteiger partial charge is 0.161 e. The van der Waals surface area contributed by atoms with Crippen LogP contribution in [0.15, 0.2) is 40.9 Å². The number of aromatic hydroxyl groups is 1. The lowest BCUT2D eigenvalue weighted by Gasteiger charge is -2.11. The summed E-state index contributed by atoms with van der Waals surface area (Å²) in [6.45, 7) is 5.16. The molecule has 2 aromatic rings. The molecule has 0 atom stereocenters. The minimum Gasteiger partial charge on any atom is -0.504 e. The summed E-state index contributed by atoms with van der Waals surface area (Å²) < 4.78 is 6.42. The van der Waals surface area contributed by atoms with Crippen molar-refractivity contribution in [2.45, 2.75) is 20.4 Å². The van der Waals surface area contributed by atoms with Crippen LogP contribution < -0.4 is 10.1 Å². The minimum atomic E-state index is 0.173. The number of phenols is 1. The number of aryl methyl sites for hydroxylation is 1. The van der Waals surface area contributed by atoms with Crippen molar-refractivity contribution in [2.75, 3.05) is 11.9 Å². The minimum absolute atomic E-state index is 0.173. The van der Waals surface area contributed by atoms with Crippen LogP contribution in [-0.4, -0.2) is 11.7 Å². The molecule has 0 fully saturated rings. The highest BCUT2D eigenvalue weighted by atomic mass is 79.9. The van der Waals surface area contributed by atoms with Gasteiger partial charge in [-0.15, -0.1) is 0 Å². The van der Waals surface area contributed by atoms with Crippen molar-refractivity contribution in [3.05, 3.63) is 52.0 Å². The Morgan fingerprint density at radius 3 is 2.75 bits per heavy atom. The first-order valence-electron chi connectivity index (χ1n) is 6.55. The highest BCUT2D eigenvalue weighted by molar-refractivity contribution is 9.10. The van der Waals surface area contributed by atoms with Crippen LogP contribution in [0.1, 0.15) is 18.1 Å². The molecule has 0 amide bonds. The molecule has 20 heavy (non-hydrogen) atoms. The second-order valence-corrected chi connectivity index (χ2v) is 5.43. The van der Waals surface area contributed by atoms with Gasteiger partial charge in [0.15, 0.2) is 11.5 Å². The molecule has 0 saturated carbocycles. The molecule has 0 aromatic heterocycles. The van der Waals surface area contributed by atoms with E-state index in [4.69, 9.17) is 4.74 Å². The Morgan fingerprint density at radius 1 is 1.20 bits per heavy atom. The summed E-state index contributed by atoms with van der Waals surface area (Å²) >= 11 is 3.53. The average Bonchev–Trinajstić information content (AvgIpc) is 2.43. The molecule has 0 aliphatic heterocycles. The summed E-state index contributed by atoms with van der Waals surface area (Å²) in [7, 11) is 0. The molecule has 0 radical (unpaired) electrons. The van der Waals surface area contributed by atoms with E-state index in [0.717, 1.165) is 15.7 Å². The quantitative estimate of drug-likeness (QED) is 0.846. The van der Waals surface area contributed by atoms with Crippen LogP contribution in [0.25, 0.3) is 0 Å². The maximum Gasteiger partial charge on any atom is 0.161 e. The van der Waals surface area contributed by atoms with E-state index in [9.17, 15) is 5.11 Å². The van der Waals surface area contributed by atoms with Crippen molar-refractivity contribution < 1.29 is 9.84 Å². The maximum absolute atomic E-state index is 9.68. The molecule has 106 valence electrons. The number of phenolic OH excluding ortho intramolecular Hbond substituents is 1. The van der Waals surface area contributed by atoms with Gasteiger partial charge < -0.3 is 15.2 Å². The summed E-state index contributed by atoms with van der Waals surface area (Å²) in [5, 5.41) is 13.1. The van der Waals surface area contributed by atoms with Crippen LogP contribution in [0.5, 0.6) is 11.5 Å². The van der Waals surface area contributed by atoms with E-state index in [1.807, 2.05) is 25.1 Å². The monoisotopic (exact) mass is 335 g/mol. The van der Waals surface area contributed by atoms with E-state index < -0.39 is 0 Å². The van der Waals surface area contributed by atoms with Gasteiger partial charge in [0.1, 0.15) is 0 Å². The van der Waals surface area contributed by atoms with Crippen LogP contribution in [0.3, 0.4) is 0 Å². The Bertz CT molecular complexity index is 599. The predicted molar refractivity (Wildman–Crippen MR) is 85.5 cm³/mol. The number of hydrogen-bond donors (Lipinski definition) is 2. The molecule has 2 aromatic carbocycles. The molecule has 3 nitrogen and oxygen atoms in total. The van der Waals surface area contributed by atoms with Gasteiger partial charge in [0.05, 0.1) is 6.61 Å². The highest BCUT2D eigenvalue weighted by Gasteiger charge is 2.05. The Morgan fingerprint density at radius 2 is 2.00 bits per heavy atom. The lowest BCUT2D eigenvalue weighted by molar-refractivity contribution is 0.318. The fraction of sp³-hybridized carbons (Fsp3) is 0.250. The molecular weight excluding hydrogens is 318 g/mol. The first-order valence-corrected chi connectivity index (χ1v) is 7.34. The van der Waals surface area contributed by atoms with Crippen molar-refractivity contribution in [1.29, 1.82) is 0 Å². The Kier molecular flexibility index (Phi) is 4.90. The molecule has 4 heteroatoms. The van der Waals surface area contributed by atoms with Gasteiger partial charge in [0, 0.05) is 16.7 Å². The van der Waals surface area contributed by atoms with Crippen LogP contribution in [0.4, 0.5) is 5.69 Å². The van der Waals surface area contributed by atoms with Gasteiger partial charge in [0.25, 0.3) is 0 Å². The van der Waals surface area contributed by atoms with E-state index in [1.54, 1.807) is 6.07 Å². The van der Waals surface area contributed by atoms with Crippen molar-refractivity contribution >= 4 is 21.6 Å². The second-order valence-electron chi connectivity index (χ2n) is 4.57. The van der Waals surface area contributed by atoms with Gasteiger partial charge in [-0.1, -0.05) is 12.1 Å². The van der Waals surface area contributed by atoms with Crippen LogP contribution in [-0.2, 0) is 6.54 Å². The largest absolute Gasteiger partial charge is 0.504 e. The Labute approximate surface area is 127 Å². The van der Waals surface area contributed by atoms with Gasteiger partial charge in [-0.2, -0.15) is 0 Å². The van der Waals surface area contributed by atoms with E-state index in [1.165, 1.54) is 5.56 Å². The Balaban J connectivity index is 2.10. The van der Waals surface area contributed by atoms with Gasteiger partial charge in [0.2, 0.25) is 0 Å². The number of hydrogen-bond acceptors (Lipinski definition) is 3. The maximum atomic E-state index is 9.68. The summed E-state index contributed by atoms with van der Waals surface area (Å²) in [5.41, 5.74) is 3.31. The van der Waals surface area contributed by atoms with E-state index in [-0.39, 0.29) is 5.75 Å². The third-order valence-electron chi connectivity index (χ3n) is 2.93. The first kappa shape index (κ1) is 14.7. The summed E-state index contributed by atoms with van der Waals surface area (Å²) in [5.74, 6) is 0.697. The fourth-order valence-corrected chi connectivity index (χ4v) is 2.30. The lowest BCUT2D eigenvalue weighted by atomic mass is 10.2. The number of ether oxygens (including phenoxy) is 1. The number of anilines is 1. The van der Waals surface area contributed by atoms with Gasteiger partial charge in [-0.3, -0.25) is 0 Å². The van der Waals surface area contributed by atoms with Gasteiger partial charge >= 0.3 is 0 Å². The highest BCUT2D eigenvalue weighted by Crippen LogP contribution is 2.28. The molecule has 2 N–H and O–H groups in total. The zero-order valence-electron chi connectivity index (χ0n) is 11.6. The SMILES string of the molecule is CCOc1cc(CNc2cc(C)ccc2Br)ccc1O. The average molecular weight is 336 g/mol. The first-order chi connectivity index (χ1) is 9.60. The van der Waals surface area contributed by atoms with Gasteiger partial charge in [-0.05, 0) is 65.2 Å². The molecule has 0 aliphatic carbocycles. The number of benzene rings is 2. The molecule has 0 heterocycles. The fourth-order valence-electron chi connectivity index (χ4n) is 1.91. The third-order valence-corrected chi connectivity index (χ3v) is 3.62. The second kappa shape index (κ2) is 6.66. The lowest BCUT2D eigenvalue weighted by Crippen LogP contribution is -2.01. The Hall–Kier alpha value is -1.68. The summed E-state index contributed by atoms with van der Waals surface area (Å²) in [6, 6.07) is 11.6. The van der Waals surface area contributed by atoms with Gasteiger partial charge in [-0.25, -0.2) is 0 Å². The molecule has 0 unspecified atom stereocenters.